The van der Waals surface area contributed by atoms with E-state index in [4.69, 9.17) is 9.39 Å². The number of pyridine rings is 2. The number of carboxylic acid groups (broad SMARTS) is 1. The molecule has 2 aromatic heterocycles. The van der Waals surface area contributed by atoms with Gasteiger partial charge < -0.3 is 9.94 Å². The first-order valence-electron chi connectivity index (χ1n) is 9.61. The average molecular weight is 507 g/mol. The summed E-state index contributed by atoms with van der Waals surface area (Å²) in [6.07, 6.45) is 2.31. The lowest BCUT2D eigenvalue weighted by Gasteiger charge is -2.17. The molecule has 3 heterocycles. The van der Waals surface area contributed by atoms with E-state index in [1.165, 1.54) is 25.3 Å². The molecule has 3 rings (SSSR count). The van der Waals surface area contributed by atoms with Crippen molar-refractivity contribution in [3.63, 3.8) is 0 Å². The van der Waals surface area contributed by atoms with Gasteiger partial charge in [0, 0.05) is 30.7 Å². The summed E-state index contributed by atoms with van der Waals surface area (Å²) >= 11 is 0. The number of aromatic carboxylic acids is 1. The molecule has 0 aliphatic carbocycles. The summed E-state index contributed by atoms with van der Waals surface area (Å²) in [4.78, 5) is 72.1. The van der Waals surface area contributed by atoms with Gasteiger partial charge in [0.2, 0.25) is 0 Å². The van der Waals surface area contributed by atoms with Crippen LogP contribution in [0.4, 0.5) is 11.4 Å². The number of carboxylic acids is 1. The molecule has 2 aromatic rings. The van der Waals surface area contributed by atoms with E-state index in [-0.39, 0.29) is 45.5 Å². The minimum Gasteiger partial charge on any atom is -0.478 e. The number of imide groups is 1. The number of aromatic nitrogens is 2. The molecule has 35 heavy (non-hydrogen) atoms. The highest BCUT2D eigenvalue weighted by Crippen LogP contribution is 2.24. The molecule has 0 bridgehead atoms. The Morgan fingerprint density at radius 3 is 2.46 bits per heavy atom. The normalized spacial score (nSPS) is 15.6. The van der Waals surface area contributed by atoms with E-state index in [9.17, 15) is 37.5 Å². The number of Topliss-reactive ketones (excluding diaryl/α,β-unsaturated/α-hetero) is 1. The van der Waals surface area contributed by atoms with Crippen LogP contribution in [0, 0.1) is 0 Å². The largest absolute Gasteiger partial charge is 0.478 e. The fourth-order valence-corrected chi connectivity index (χ4v) is 3.67. The maximum atomic E-state index is 12.7. The summed E-state index contributed by atoms with van der Waals surface area (Å²) in [5.41, 5.74) is 4.76. The second-order valence-electron chi connectivity index (χ2n) is 7.19. The number of amides is 2. The van der Waals surface area contributed by atoms with Crippen LogP contribution < -0.4 is 10.9 Å². The molecule has 0 radical (unpaired) electrons. The Kier molecular flexibility index (Phi) is 7.06. The van der Waals surface area contributed by atoms with Crippen LogP contribution in [0.3, 0.4) is 0 Å². The molecule has 2 amide bonds. The molecular weight excluding hydrogens is 490 g/mol. The number of nitrogens with zero attached hydrogens (tertiary/aromatic N) is 3. The predicted octanol–water partition coefficient (Wildman–Crippen LogP) is -0.168. The van der Waals surface area contributed by atoms with E-state index in [1.807, 2.05) is 0 Å². The Morgan fingerprint density at radius 1 is 1.17 bits per heavy atom. The van der Waals surface area contributed by atoms with Gasteiger partial charge in [0.15, 0.2) is 5.25 Å². The fourth-order valence-electron chi connectivity index (χ4n) is 2.97. The zero-order chi connectivity index (χ0) is 25.9. The summed E-state index contributed by atoms with van der Waals surface area (Å²) < 4.78 is 31.6. The van der Waals surface area contributed by atoms with Crippen LogP contribution in [0.2, 0.25) is 0 Å². The van der Waals surface area contributed by atoms with E-state index in [1.54, 1.807) is 0 Å². The molecule has 0 saturated carbocycles. The quantitative estimate of drug-likeness (QED) is 0.197. The van der Waals surface area contributed by atoms with E-state index in [0.717, 1.165) is 12.4 Å². The number of hydrogen-bond acceptors (Lipinski definition) is 12. The first kappa shape index (κ1) is 25.2. The van der Waals surface area contributed by atoms with Gasteiger partial charge in [-0.1, -0.05) is 0 Å². The second kappa shape index (κ2) is 9.82. The number of carbonyl (C=O) groups excluding carboxylic acids is 4. The van der Waals surface area contributed by atoms with Gasteiger partial charge in [0.1, 0.15) is 16.9 Å². The van der Waals surface area contributed by atoms with Gasteiger partial charge >= 0.3 is 11.9 Å². The highest BCUT2D eigenvalue weighted by molar-refractivity contribution is 7.87. The molecule has 1 aliphatic heterocycles. The Balaban J connectivity index is 1.89. The van der Waals surface area contributed by atoms with Crippen LogP contribution in [0.1, 0.15) is 39.8 Å². The van der Waals surface area contributed by atoms with Gasteiger partial charge in [-0.25, -0.2) is 9.59 Å². The summed E-state index contributed by atoms with van der Waals surface area (Å²) in [5.74, 6) is -5.50. The lowest BCUT2D eigenvalue weighted by atomic mass is 10.1. The number of nitrogens with one attached hydrogen (secondary N) is 2. The lowest BCUT2D eigenvalue weighted by molar-refractivity contribution is -0.172. The van der Waals surface area contributed by atoms with Crippen LogP contribution in [-0.4, -0.2) is 67.9 Å². The van der Waals surface area contributed by atoms with E-state index in [0.29, 0.717) is 0 Å². The summed E-state index contributed by atoms with van der Waals surface area (Å²) in [5, 5.41) is 7.09. The minimum atomic E-state index is -4.92. The number of ketones is 1. The Labute approximate surface area is 196 Å². The first-order chi connectivity index (χ1) is 16.4. The highest BCUT2D eigenvalue weighted by Gasteiger charge is 2.48. The number of hydrogen-bond donors (Lipinski definition) is 4. The van der Waals surface area contributed by atoms with Gasteiger partial charge in [-0.05, 0) is 19.1 Å². The Morgan fingerprint density at radius 2 is 1.86 bits per heavy atom. The highest BCUT2D eigenvalue weighted by atomic mass is 32.2. The van der Waals surface area contributed by atoms with Crippen molar-refractivity contribution >= 4 is 51.0 Å². The molecule has 1 saturated heterocycles. The summed E-state index contributed by atoms with van der Waals surface area (Å²) in [6.45, 7) is 1.31. The third-order valence-electron chi connectivity index (χ3n) is 4.59. The van der Waals surface area contributed by atoms with E-state index < -0.39 is 45.5 Å². The van der Waals surface area contributed by atoms with Gasteiger partial charge in [0.05, 0.1) is 17.8 Å². The molecule has 15 nitrogen and oxygen atoms in total. The molecule has 1 atom stereocenters. The maximum Gasteiger partial charge on any atom is 0.367 e. The topological polar surface area (TPSA) is 222 Å². The molecule has 1 aliphatic rings. The molecule has 1 fully saturated rings. The third-order valence-corrected chi connectivity index (χ3v) is 5.68. The Bertz CT molecular complexity index is 1340. The third kappa shape index (κ3) is 5.74. The number of carbonyl (C=O) groups is 5. The van der Waals surface area contributed by atoms with Gasteiger partial charge in [-0.15, -0.1) is 5.06 Å². The standard InChI is InChI=1S/C19H17N5O10S/c1-9(25)4-10-5-14(23-22-13-2-3-20-7-11(13)18(28)29)12(8-21-10)19(30)34-24-16(26)6-15(17(24)27)35(31,32)33/h2-3,5,7-8,15H,4,6H2,1H3,(H,20,22)(H,21,23)(H,28,29)(H,31,32,33). The minimum absolute atomic E-state index is 0.0534. The first-order valence-corrected chi connectivity index (χ1v) is 11.1. The molecule has 184 valence electrons. The van der Waals surface area contributed by atoms with Gasteiger partial charge in [0.25, 0.3) is 21.9 Å². The molecule has 0 spiro atoms. The molecule has 16 heteroatoms. The zero-order valence-electron chi connectivity index (χ0n) is 17.8. The van der Waals surface area contributed by atoms with Crippen molar-refractivity contribution in [1.82, 2.24) is 15.0 Å². The molecular formula is C19H17N5O10S. The molecule has 1 unspecified atom stereocenters. The van der Waals surface area contributed by atoms with Gasteiger partial charge in [-0.3, -0.25) is 39.8 Å². The van der Waals surface area contributed by atoms with Crippen molar-refractivity contribution in [3.8, 4) is 0 Å². The predicted molar refractivity (Wildman–Crippen MR) is 114 cm³/mol. The van der Waals surface area contributed by atoms with Crippen molar-refractivity contribution in [2.75, 3.05) is 10.9 Å². The van der Waals surface area contributed by atoms with Crippen molar-refractivity contribution in [2.24, 2.45) is 0 Å². The SMILES string of the molecule is CC(=O)Cc1cc(NNc2ccncc2C(=O)O)c(C(=O)ON2C(=O)CC(S(=O)(=O)O)C2=O)cn1. The monoisotopic (exact) mass is 507 g/mol. The smallest absolute Gasteiger partial charge is 0.367 e. The van der Waals surface area contributed by atoms with Crippen molar-refractivity contribution in [3.05, 3.63) is 47.5 Å². The van der Waals surface area contributed by atoms with Crippen LogP contribution in [0.5, 0.6) is 0 Å². The average Bonchev–Trinajstić information content (AvgIpc) is 3.06. The van der Waals surface area contributed by atoms with Crippen LogP contribution in [0.25, 0.3) is 0 Å². The number of rotatable bonds is 9. The van der Waals surface area contributed by atoms with Gasteiger partial charge in [-0.2, -0.15) is 8.42 Å². The van der Waals surface area contributed by atoms with Crippen molar-refractivity contribution in [2.45, 2.75) is 25.0 Å². The van der Waals surface area contributed by atoms with E-state index >= 15 is 0 Å². The van der Waals surface area contributed by atoms with Crippen molar-refractivity contribution < 1.29 is 46.9 Å². The maximum absolute atomic E-state index is 12.7. The summed E-state index contributed by atoms with van der Waals surface area (Å²) in [6, 6.07) is 2.59. The number of anilines is 2. The van der Waals surface area contributed by atoms with Crippen molar-refractivity contribution in [1.29, 1.82) is 0 Å². The number of hydrazine groups is 1. The van der Waals surface area contributed by atoms with Crippen LogP contribution in [0.15, 0.2) is 30.7 Å². The van der Waals surface area contributed by atoms with Crippen LogP contribution >= 0.6 is 0 Å². The lowest BCUT2D eigenvalue weighted by Crippen LogP contribution is -2.36. The second-order valence-corrected chi connectivity index (χ2v) is 8.79. The van der Waals surface area contributed by atoms with E-state index in [2.05, 4.69) is 20.8 Å². The molecule has 4 N–H and O–H groups in total. The van der Waals surface area contributed by atoms with Crippen LogP contribution in [-0.2, 0) is 35.8 Å². The zero-order valence-corrected chi connectivity index (χ0v) is 18.6. The fraction of sp³-hybridized carbons (Fsp3) is 0.211. The summed E-state index contributed by atoms with van der Waals surface area (Å²) in [7, 11) is -4.92. The number of hydroxylamine groups is 2. The molecule has 0 aromatic carbocycles. The Hall–Kier alpha value is -4.44.